The number of benzene rings is 1. The molecule has 0 aliphatic heterocycles. The van der Waals surface area contributed by atoms with Crippen molar-refractivity contribution in [2.75, 3.05) is 5.32 Å². The fourth-order valence-corrected chi connectivity index (χ4v) is 2.17. The van der Waals surface area contributed by atoms with Gasteiger partial charge in [0.1, 0.15) is 5.76 Å². The van der Waals surface area contributed by atoms with Gasteiger partial charge in [-0.3, -0.25) is 0 Å². The molecule has 0 radical (unpaired) electrons. The van der Waals surface area contributed by atoms with Crippen molar-refractivity contribution in [2.24, 2.45) is 5.10 Å². The van der Waals surface area contributed by atoms with Gasteiger partial charge in [-0.2, -0.15) is 5.10 Å². The van der Waals surface area contributed by atoms with Crippen LogP contribution in [0.4, 0.5) is 10.5 Å². The zero-order chi connectivity index (χ0) is 15.4. The number of aryl methyl sites for hydroxylation is 2. The standard InChI is InChI=1S/C14H13Br2N3O2/c1-8-3-4-10(5-9(8)2)18-14(20)19-17-7-11-6-12(15)13(16)21-11/h3-7H,1-2H3,(H2,18,19,20)/b17-7+. The lowest BCUT2D eigenvalue weighted by Gasteiger charge is -2.06. The Hall–Kier alpha value is -1.60. The molecule has 0 fully saturated rings. The maximum absolute atomic E-state index is 11.7. The van der Waals surface area contributed by atoms with Gasteiger partial charge in [-0.05, 0) is 69.0 Å². The molecule has 0 saturated carbocycles. The van der Waals surface area contributed by atoms with E-state index in [1.807, 2.05) is 32.0 Å². The van der Waals surface area contributed by atoms with E-state index in [2.05, 4.69) is 47.7 Å². The molecule has 0 unspecified atom stereocenters. The van der Waals surface area contributed by atoms with E-state index in [9.17, 15) is 4.79 Å². The van der Waals surface area contributed by atoms with E-state index < -0.39 is 6.03 Å². The van der Waals surface area contributed by atoms with Gasteiger partial charge >= 0.3 is 6.03 Å². The highest BCUT2D eigenvalue weighted by Gasteiger charge is 2.04. The number of halogens is 2. The van der Waals surface area contributed by atoms with E-state index in [4.69, 9.17) is 4.42 Å². The molecule has 2 rings (SSSR count). The molecule has 0 atom stereocenters. The Kier molecular flexibility index (Phi) is 5.19. The number of carbonyl (C=O) groups excluding carboxylic acids is 1. The van der Waals surface area contributed by atoms with Crippen molar-refractivity contribution in [1.29, 1.82) is 0 Å². The lowest BCUT2D eigenvalue weighted by atomic mass is 10.1. The molecule has 0 spiro atoms. The predicted octanol–water partition coefficient (Wildman–Crippen LogP) is 4.58. The molecule has 2 amide bonds. The van der Waals surface area contributed by atoms with E-state index in [1.165, 1.54) is 11.8 Å². The molecule has 0 bridgehead atoms. The third-order valence-electron chi connectivity index (χ3n) is 2.79. The Bertz CT molecular complexity index is 676. The van der Waals surface area contributed by atoms with Gasteiger partial charge in [-0.15, -0.1) is 0 Å². The van der Waals surface area contributed by atoms with Gasteiger partial charge < -0.3 is 9.73 Å². The van der Waals surface area contributed by atoms with Crippen molar-refractivity contribution in [3.8, 4) is 0 Å². The number of furan rings is 1. The number of nitrogens with zero attached hydrogens (tertiary/aromatic N) is 1. The first kappa shape index (κ1) is 15.8. The van der Waals surface area contributed by atoms with Gasteiger partial charge in [0.25, 0.3) is 0 Å². The average molecular weight is 415 g/mol. The van der Waals surface area contributed by atoms with Gasteiger partial charge in [-0.1, -0.05) is 6.07 Å². The Morgan fingerprint density at radius 2 is 2.00 bits per heavy atom. The maximum atomic E-state index is 11.7. The normalized spacial score (nSPS) is 10.9. The summed E-state index contributed by atoms with van der Waals surface area (Å²) in [4.78, 5) is 11.7. The van der Waals surface area contributed by atoms with Crippen molar-refractivity contribution in [3.63, 3.8) is 0 Å². The van der Waals surface area contributed by atoms with Crippen LogP contribution in [0, 0.1) is 13.8 Å². The van der Waals surface area contributed by atoms with Crippen LogP contribution in [0.2, 0.25) is 0 Å². The molecule has 2 aromatic rings. The zero-order valence-corrected chi connectivity index (χ0v) is 14.6. The second-order valence-corrected chi connectivity index (χ2v) is 5.97. The van der Waals surface area contributed by atoms with E-state index in [-0.39, 0.29) is 0 Å². The Balaban J connectivity index is 1.91. The van der Waals surface area contributed by atoms with Crippen LogP contribution in [0.5, 0.6) is 0 Å². The Labute approximate surface area is 139 Å². The minimum absolute atomic E-state index is 0.417. The topological polar surface area (TPSA) is 66.6 Å². The van der Waals surface area contributed by atoms with E-state index >= 15 is 0 Å². The largest absolute Gasteiger partial charge is 0.447 e. The number of hydrogen-bond donors (Lipinski definition) is 2. The van der Waals surface area contributed by atoms with Gasteiger partial charge in [0.05, 0.1) is 10.7 Å². The highest BCUT2D eigenvalue weighted by molar-refractivity contribution is 9.13. The molecule has 0 saturated heterocycles. The van der Waals surface area contributed by atoms with Crippen LogP contribution < -0.4 is 10.7 Å². The number of amides is 2. The fraction of sp³-hybridized carbons (Fsp3) is 0.143. The molecular weight excluding hydrogens is 402 g/mol. The smallest absolute Gasteiger partial charge is 0.339 e. The molecule has 0 aliphatic carbocycles. The first-order valence-corrected chi connectivity index (χ1v) is 7.66. The number of rotatable bonds is 3. The van der Waals surface area contributed by atoms with E-state index in [0.717, 1.165) is 10.0 Å². The third-order valence-corrected chi connectivity index (χ3v) is 4.50. The van der Waals surface area contributed by atoms with Crippen LogP contribution in [0.1, 0.15) is 16.9 Å². The van der Waals surface area contributed by atoms with Gasteiger partial charge in [0.15, 0.2) is 4.67 Å². The summed E-state index contributed by atoms with van der Waals surface area (Å²) in [6.07, 6.45) is 1.41. The van der Waals surface area contributed by atoms with Crippen LogP contribution >= 0.6 is 31.9 Å². The van der Waals surface area contributed by atoms with Crippen LogP contribution in [-0.4, -0.2) is 12.2 Å². The lowest BCUT2D eigenvalue weighted by Crippen LogP contribution is -2.24. The zero-order valence-electron chi connectivity index (χ0n) is 11.4. The van der Waals surface area contributed by atoms with E-state index in [0.29, 0.717) is 16.1 Å². The first-order chi connectivity index (χ1) is 9.95. The molecule has 21 heavy (non-hydrogen) atoms. The summed E-state index contributed by atoms with van der Waals surface area (Å²) in [5.41, 5.74) is 5.37. The van der Waals surface area contributed by atoms with Crippen LogP contribution in [0.3, 0.4) is 0 Å². The van der Waals surface area contributed by atoms with Crippen LogP contribution in [-0.2, 0) is 0 Å². The number of hydrazone groups is 1. The maximum Gasteiger partial charge on any atom is 0.339 e. The minimum Gasteiger partial charge on any atom is -0.447 e. The quantitative estimate of drug-likeness (QED) is 0.570. The van der Waals surface area contributed by atoms with Crippen LogP contribution in [0.15, 0.2) is 42.9 Å². The number of anilines is 1. The summed E-state index contributed by atoms with van der Waals surface area (Å²) in [6, 6.07) is 7.01. The number of urea groups is 1. The summed E-state index contributed by atoms with van der Waals surface area (Å²) < 4.78 is 6.65. The molecular formula is C14H13Br2N3O2. The van der Waals surface area contributed by atoms with Crippen molar-refractivity contribution >= 4 is 49.8 Å². The summed E-state index contributed by atoms with van der Waals surface area (Å²) in [5, 5.41) is 6.51. The van der Waals surface area contributed by atoms with Crippen molar-refractivity contribution in [1.82, 2.24) is 5.43 Å². The Morgan fingerprint density at radius 1 is 1.24 bits per heavy atom. The van der Waals surface area contributed by atoms with Gasteiger partial charge in [0.2, 0.25) is 0 Å². The lowest BCUT2D eigenvalue weighted by molar-refractivity contribution is 0.252. The van der Waals surface area contributed by atoms with E-state index in [1.54, 1.807) is 6.07 Å². The molecule has 2 N–H and O–H groups in total. The summed E-state index contributed by atoms with van der Waals surface area (Å²) in [5.74, 6) is 0.514. The molecule has 1 aromatic carbocycles. The fourth-order valence-electron chi connectivity index (χ4n) is 1.56. The molecule has 110 valence electrons. The van der Waals surface area contributed by atoms with Gasteiger partial charge in [0, 0.05) is 11.8 Å². The van der Waals surface area contributed by atoms with Gasteiger partial charge in [-0.25, -0.2) is 10.2 Å². The minimum atomic E-state index is -0.417. The van der Waals surface area contributed by atoms with Crippen molar-refractivity contribution < 1.29 is 9.21 Å². The summed E-state index contributed by atoms with van der Waals surface area (Å²) in [6.45, 7) is 4.01. The monoisotopic (exact) mass is 413 g/mol. The summed E-state index contributed by atoms with van der Waals surface area (Å²) in [7, 11) is 0. The SMILES string of the molecule is Cc1ccc(NC(=O)N/N=C/c2cc(Br)c(Br)o2)cc1C. The second-order valence-electron chi connectivity index (χ2n) is 4.39. The molecule has 0 aliphatic rings. The number of hydrogen-bond acceptors (Lipinski definition) is 3. The average Bonchev–Trinajstić information content (AvgIpc) is 2.73. The van der Waals surface area contributed by atoms with Crippen LogP contribution in [0.25, 0.3) is 0 Å². The highest BCUT2D eigenvalue weighted by Crippen LogP contribution is 2.25. The van der Waals surface area contributed by atoms with Crippen molar-refractivity contribution in [2.45, 2.75) is 13.8 Å². The molecule has 1 aromatic heterocycles. The second kappa shape index (κ2) is 6.91. The highest BCUT2D eigenvalue weighted by atomic mass is 79.9. The molecule has 7 heteroatoms. The first-order valence-electron chi connectivity index (χ1n) is 6.08. The summed E-state index contributed by atoms with van der Waals surface area (Å²) >= 11 is 6.51. The third kappa shape index (κ3) is 4.44. The predicted molar refractivity (Wildman–Crippen MR) is 89.8 cm³/mol. The molecule has 1 heterocycles. The number of carbonyl (C=O) groups is 1. The Morgan fingerprint density at radius 3 is 2.62 bits per heavy atom. The molecule has 5 nitrogen and oxygen atoms in total. The number of nitrogens with one attached hydrogen (secondary N) is 2. The van der Waals surface area contributed by atoms with Crippen molar-refractivity contribution in [3.05, 3.63) is 50.3 Å².